The smallest absolute Gasteiger partial charge is 0.131 e. The van der Waals surface area contributed by atoms with E-state index in [1.54, 1.807) is 0 Å². The minimum absolute atomic E-state index is 0.0527. The highest BCUT2D eigenvalue weighted by Crippen LogP contribution is 2.69. The topological polar surface area (TPSA) is 18.5 Å². The van der Waals surface area contributed by atoms with Gasteiger partial charge in [0.1, 0.15) is 11.2 Å². The third-order valence-corrected chi connectivity index (χ3v) is 16.0. The van der Waals surface area contributed by atoms with Crippen molar-refractivity contribution < 1.29 is 9.47 Å². The molecule has 1 unspecified atom stereocenters. The molecule has 0 saturated heterocycles. The summed E-state index contributed by atoms with van der Waals surface area (Å²) >= 11 is 0. The largest absolute Gasteiger partial charge is 0.368 e. The molecule has 0 fully saturated rings. The van der Waals surface area contributed by atoms with E-state index in [0.29, 0.717) is 5.92 Å². The Hall–Kier alpha value is -4.50. The Balaban J connectivity index is 2.02. The van der Waals surface area contributed by atoms with Gasteiger partial charge < -0.3 is 9.47 Å². The van der Waals surface area contributed by atoms with E-state index in [2.05, 4.69) is 266 Å². The molecule has 1 aliphatic carbocycles. The molecular formula is C68H92O2. The molecule has 0 saturated carbocycles. The quantitative estimate of drug-likeness (QED) is 0.117. The van der Waals surface area contributed by atoms with Crippen molar-refractivity contribution in [3.63, 3.8) is 0 Å². The second-order valence-corrected chi connectivity index (χ2v) is 26.2. The molecule has 0 N–H and O–H groups in total. The normalized spacial score (nSPS) is 16.3. The van der Waals surface area contributed by atoms with E-state index in [0.717, 1.165) is 22.3 Å². The number of allylic oxidation sites excluding steroid dienone is 3. The highest BCUT2D eigenvalue weighted by Gasteiger charge is 2.70. The molecule has 0 spiro atoms. The standard InChI is InChI=1S/C68H92O2/c1-44(2)48-23-40-57(58(41-48)45(3)4)60-43-66(61(47(7)8)42-59(60)46(5)6,67(69-21,53-32-24-49(25-33-53)62(9,10)11)54-34-26-50(27-35-54)63(12,13)14)68(70-22,55-36-28-51(29-37-55)64(15,16)17)56-38-30-52(31-39-56)65(18,19)20/h23-47,61H,1-22H3. The van der Waals surface area contributed by atoms with Gasteiger partial charge in [-0.1, -0.05) is 266 Å². The fourth-order valence-corrected chi connectivity index (χ4v) is 11.8. The summed E-state index contributed by atoms with van der Waals surface area (Å²) in [6.07, 6.45) is 5.38. The highest BCUT2D eigenvalue weighted by atomic mass is 16.5. The predicted molar refractivity (Wildman–Crippen MR) is 302 cm³/mol. The van der Waals surface area contributed by atoms with E-state index >= 15 is 0 Å². The lowest BCUT2D eigenvalue weighted by molar-refractivity contribution is -0.197. The first-order chi connectivity index (χ1) is 32.4. The molecule has 5 aromatic rings. The summed E-state index contributed by atoms with van der Waals surface area (Å²) in [5, 5.41) is 0. The molecule has 0 aliphatic heterocycles. The Morgan fingerprint density at radius 2 is 0.714 bits per heavy atom. The summed E-state index contributed by atoms with van der Waals surface area (Å²) in [7, 11) is 3.93. The van der Waals surface area contributed by atoms with Crippen molar-refractivity contribution in [2.75, 3.05) is 14.2 Å². The van der Waals surface area contributed by atoms with Gasteiger partial charge in [0.15, 0.2) is 0 Å². The van der Waals surface area contributed by atoms with Gasteiger partial charge in [0.2, 0.25) is 0 Å². The zero-order chi connectivity index (χ0) is 52.2. The minimum atomic E-state index is -1.16. The van der Waals surface area contributed by atoms with Gasteiger partial charge in [-0.2, -0.15) is 0 Å². The second-order valence-electron chi connectivity index (χ2n) is 26.2. The molecule has 70 heavy (non-hydrogen) atoms. The highest BCUT2D eigenvalue weighted by molar-refractivity contribution is 5.84. The third-order valence-electron chi connectivity index (χ3n) is 16.0. The molecular weight excluding hydrogens is 849 g/mol. The van der Waals surface area contributed by atoms with Crippen molar-refractivity contribution in [3.05, 3.63) is 194 Å². The zero-order valence-corrected chi connectivity index (χ0v) is 47.8. The predicted octanol–water partition coefficient (Wildman–Crippen LogP) is 18.5. The zero-order valence-electron chi connectivity index (χ0n) is 47.8. The Bertz CT molecular complexity index is 2370. The van der Waals surface area contributed by atoms with Gasteiger partial charge in [-0.05, 0) is 124 Å². The Morgan fingerprint density at radius 1 is 0.400 bits per heavy atom. The fraction of sp³-hybridized carbons (Fsp3) is 0.500. The second kappa shape index (κ2) is 19.8. The molecule has 0 heterocycles. The third kappa shape index (κ3) is 9.75. The van der Waals surface area contributed by atoms with Crippen LogP contribution in [-0.4, -0.2) is 14.2 Å². The van der Waals surface area contributed by atoms with Gasteiger partial charge in [0.05, 0.1) is 5.41 Å². The average Bonchev–Trinajstić information content (AvgIpc) is 3.28. The molecule has 0 bridgehead atoms. The van der Waals surface area contributed by atoms with Crippen LogP contribution < -0.4 is 0 Å². The first-order valence-corrected chi connectivity index (χ1v) is 26.6. The van der Waals surface area contributed by atoms with E-state index in [9.17, 15) is 0 Å². The van der Waals surface area contributed by atoms with Crippen LogP contribution in [0.2, 0.25) is 0 Å². The van der Waals surface area contributed by atoms with Crippen molar-refractivity contribution in [2.24, 2.45) is 23.2 Å². The van der Waals surface area contributed by atoms with Crippen molar-refractivity contribution in [1.82, 2.24) is 0 Å². The maximum absolute atomic E-state index is 7.85. The first-order valence-electron chi connectivity index (χ1n) is 26.6. The van der Waals surface area contributed by atoms with E-state index in [4.69, 9.17) is 9.47 Å². The Labute approximate surface area is 427 Å². The summed E-state index contributed by atoms with van der Waals surface area (Å²) in [4.78, 5) is 0. The number of hydrogen-bond donors (Lipinski definition) is 0. The molecule has 2 nitrogen and oxygen atoms in total. The number of benzene rings is 5. The van der Waals surface area contributed by atoms with Crippen LogP contribution >= 0.6 is 0 Å². The monoisotopic (exact) mass is 941 g/mol. The van der Waals surface area contributed by atoms with Crippen LogP contribution in [0.4, 0.5) is 0 Å². The van der Waals surface area contributed by atoms with Crippen LogP contribution in [0.1, 0.15) is 212 Å². The van der Waals surface area contributed by atoms with Crippen LogP contribution in [-0.2, 0) is 42.3 Å². The summed E-state index contributed by atoms with van der Waals surface area (Å²) in [6.45, 7) is 46.5. The number of ether oxygens (including phenoxy) is 2. The summed E-state index contributed by atoms with van der Waals surface area (Å²) in [5.41, 5.74) is 12.5. The van der Waals surface area contributed by atoms with Crippen molar-refractivity contribution >= 4 is 5.57 Å². The van der Waals surface area contributed by atoms with E-state index in [1.165, 1.54) is 50.1 Å². The number of hydrogen-bond acceptors (Lipinski definition) is 2. The number of methoxy groups -OCH3 is 2. The fourth-order valence-electron chi connectivity index (χ4n) is 11.8. The van der Waals surface area contributed by atoms with E-state index < -0.39 is 16.6 Å². The van der Waals surface area contributed by atoms with Gasteiger partial charge in [-0.3, -0.25) is 0 Å². The molecule has 2 heteroatoms. The molecule has 6 rings (SSSR count). The van der Waals surface area contributed by atoms with Gasteiger partial charge in [0, 0.05) is 14.2 Å². The maximum atomic E-state index is 7.85. The molecule has 5 aromatic carbocycles. The van der Waals surface area contributed by atoms with Crippen LogP contribution in [0.25, 0.3) is 5.57 Å². The lowest BCUT2D eigenvalue weighted by atomic mass is 9.44. The van der Waals surface area contributed by atoms with Crippen LogP contribution in [0.5, 0.6) is 0 Å². The first kappa shape index (κ1) is 54.8. The van der Waals surface area contributed by atoms with E-state index in [-0.39, 0.29) is 45.3 Å². The molecule has 1 aliphatic rings. The van der Waals surface area contributed by atoms with Crippen molar-refractivity contribution in [1.29, 1.82) is 0 Å². The molecule has 0 amide bonds. The van der Waals surface area contributed by atoms with Crippen LogP contribution in [0, 0.1) is 23.2 Å². The van der Waals surface area contributed by atoms with E-state index in [1.807, 2.05) is 14.2 Å². The molecule has 1 atom stereocenters. The molecule has 0 aromatic heterocycles. The average molecular weight is 941 g/mol. The SMILES string of the molecule is COC(c1ccc(C(C)(C)C)cc1)(c1ccc(C(C)(C)C)cc1)C1(C(OC)(c2ccc(C(C)(C)C)cc2)c2ccc(C(C)(C)C)cc2)C=C(c2ccc(C(C)C)cc2C(C)C)C(C(C)C)=CC1C(C)C. The summed E-state index contributed by atoms with van der Waals surface area (Å²) < 4.78 is 15.7. The Kier molecular flexibility index (Phi) is 15.5. The maximum Gasteiger partial charge on any atom is 0.131 e. The van der Waals surface area contributed by atoms with Gasteiger partial charge in [-0.15, -0.1) is 0 Å². The molecule has 376 valence electrons. The lowest BCUT2D eigenvalue weighted by Gasteiger charge is -2.63. The molecule has 0 radical (unpaired) electrons. The summed E-state index contributed by atoms with van der Waals surface area (Å²) in [6, 6.07) is 45.1. The van der Waals surface area contributed by atoms with Gasteiger partial charge in [0.25, 0.3) is 0 Å². The van der Waals surface area contributed by atoms with Crippen molar-refractivity contribution in [3.8, 4) is 0 Å². The lowest BCUT2D eigenvalue weighted by Crippen LogP contribution is -2.65. The van der Waals surface area contributed by atoms with Crippen LogP contribution in [0.15, 0.2) is 133 Å². The van der Waals surface area contributed by atoms with Crippen molar-refractivity contribution in [2.45, 2.75) is 183 Å². The van der Waals surface area contributed by atoms with Gasteiger partial charge >= 0.3 is 0 Å². The number of rotatable bonds is 13. The van der Waals surface area contributed by atoms with Gasteiger partial charge in [-0.25, -0.2) is 0 Å². The minimum Gasteiger partial charge on any atom is -0.368 e. The van der Waals surface area contributed by atoms with Crippen LogP contribution in [0.3, 0.4) is 0 Å². The summed E-state index contributed by atoms with van der Waals surface area (Å²) in [5.74, 6) is 0.926. The Morgan fingerprint density at radius 3 is 0.957 bits per heavy atom.